The number of amides is 1. The average Bonchev–Trinajstić information content (AvgIpc) is 3.31. The molecule has 2 aliphatic rings. The van der Waals surface area contributed by atoms with Crippen molar-refractivity contribution in [1.82, 2.24) is 5.32 Å². The van der Waals surface area contributed by atoms with Crippen molar-refractivity contribution in [2.75, 3.05) is 26.6 Å². The number of nitrogens with one attached hydrogen (secondary N) is 1. The predicted molar refractivity (Wildman–Crippen MR) is 271 cm³/mol. The maximum absolute atomic E-state index is 13.2. The van der Waals surface area contributed by atoms with Crippen LogP contribution in [0, 0.1) is 5.41 Å². The van der Waals surface area contributed by atoms with Crippen LogP contribution in [-0.4, -0.2) is 129 Å². The number of hydrogen-bond donors (Lipinski definition) is 1. The highest BCUT2D eigenvalue weighted by Crippen LogP contribution is 2.44. The fourth-order valence-corrected chi connectivity index (χ4v) is 9.61. The quantitative estimate of drug-likeness (QED) is 0.0154. The number of rotatable bonds is 37. The van der Waals surface area contributed by atoms with Gasteiger partial charge in [0, 0.05) is 41.2 Å². The first-order chi connectivity index (χ1) is 34.2. The topological polar surface area (TPSA) is 207 Å². The second-order valence-electron chi connectivity index (χ2n) is 20.3. The van der Waals surface area contributed by atoms with E-state index < -0.39 is 108 Å². The van der Waals surface area contributed by atoms with Crippen LogP contribution in [0.3, 0.4) is 0 Å². The molecule has 11 atom stereocenters. The van der Waals surface area contributed by atoms with Gasteiger partial charge in [0.25, 0.3) is 0 Å². The van der Waals surface area contributed by atoms with Gasteiger partial charge in [-0.1, -0.05) is 130 Å². The molecule has 0 saturated carbocycles. The molecule has 11 unspecified atom stereocenters. The summed E-state index contributed by atoms with van der Waals surface area (Å²) in [6.07, 6.45) is 10.4. The molecule has 0 spiro atoms. The lowest BCUT2D eigenvalue weighted by Crippen LogP contribution is -2.70. The van der Waals surface area contributed by atoms with E-state index in [1.807, 2.05) is 19.9 Å². The average molecular weight is 1020 g/mol. The van der Waals surface area contributed by atoms with Gasteiger partial charge in [0.05, 0.1) is 12.2 Å². The van der Waals surface area contributed by atoms with Crippen molar-refractivity contribution < 1.29 is 76.1 Å². The lowest BCUT2D eigenvalue weighted by atomic mass is 9.75. The molecule has 17 heteroatoms. The summed E-state index contributed by atoms with van der Waals surface area (Å²) in [6.45, 7) is 22.7. The van der Waals surface area contributed by atoms with Crippen molar-refractivity contribution in [1.29, 1.82) is 0 Å². The van der Waals surface area contributed by atoms with Crippen LogP contribution in [0.5, 0.6) is 0 Å². The molecule has 414 valence electrons. The van der Waals surface area contributed by atoms with E-state index in [0.717, 1.165) is 70.3 Å². The first-order valence-electron chi connectivity index (χ1n) is 26.8. The summed E-state index contributed by atoms with van der Waals surface area (Å²) < 4.78 is 63.3. The molecule has 17 nitrogen and oxygen atoms in total. The monoisotopic (exact) mass is 1020 g/mol. The third kappa shape index (κ3) is 23.1. The van der Waals surface area contributed by atoms with Crippen LogP contribution in [0.15, 0.2) is 25.3 Å². The molecule has 2 saturated heterocycles. The summed E-state index contributed by atoms with van der Waals surface area (Å²) >= 11 is 0. The first-order valence-corrected chi connectivity index (χ1v) is 26.8. The van der Waals surface area contributed by atoms with E-state index in [-0.39, 0.29) is 33.0 Å². The Morgan fingerprint density at radius 1 is 0.556 bits per heavy atom. The molecule has 0 aromatic rings. The van der Waals surface area contributed by atoms with Gasteiger partial charge >= 0.3 is 29.8 Å². The van der Waals surface area contributed by atoms with Gasteiger partial charge in [0.2, 0.25) is 5.91 Å². The molecular formula is C55H93NO16. The van der Waals surface area contributed by atoms with Gasteiger partial charge < -0.3 is 52.7 Å². The summed E-state index contributed by atoms with van der Waals surface area (Å²) in [5.41, 5.74) is -2.20. The Morgan fingerprint density at radius 2 is 1.03 bits per heavy atom. The van der Waals surface area contributed by atoms with Crippen LogP contribution in [0.1, 0.15) is 191 Å². The molecule has 0 aromatic heterocycles. The zero-order chi connectivity index (χ0) is 53.7. The number of allylic oxidation sites excluding steroid dienone is 1. The number of unbranched alkanes of at least 4 members (excludes halogenated alkanes) is 15. The van der Waals surface area contributed by atoms with Crippen LogP contribution < -0.4 is 5.32 Å². The Labute approximate surface area is 431 Å². The van der Waals surface area contributed by atoms with Crippen LogP contribution in [0.4, 0.5) is 0 Å². The smallest absolute Gasteiger partial charge is 0.303 e. The third-order valence-corrected chi connectivity index (χ3v) is 13.5. The fourth-order valence-electron chi connectivity index (χ4n) is 9.61. The Hall–Kier alpha value is -3.90. The summed E-state index contributed by atoms with van der Waals surface area (Å²) in [7, 11) is 0. The third-order valence-electron chi connectivity index (χ3n) is 13.5. The number of ether oxygens (including phenoxy) is 10. The van der Waals surface area contributed by atoms with Crippen LogP contribution in [0.25, 0.3) is 0 Å². The normalized spacial score (nSPS) is 25.0. The second kappa shape index (κ2) is 34.6. The van der Waals surface area contributed by atoms with Crippen molar-refractivity contribution in [3.63, 3.8) is 0 Å². The van der Waals surface area contributed by atoms with E-state index in [4.69, 9.17) is 47.4 Å². The minimum Gasteiger partial charge on any atom is -0.463 e. The Kier molecular flexibility index (Phi) is 30.8. The van der Waals surface area contributed by atoms with Crippen molar-refractivity contribution in [3.05, 3.63) is 25.3 Å². The summed E-state index contributed by atoms with van der Waals surface area (Å²) in [5.74, 6) is -3.80. The lowest BCUT2D eigenvalue weighted by Gasteiger charge is -2.54. The molecule has 72 heavy (non-hydrogen) atoms. The Balaban J connectivity index is 2.66. The predicted octanol–water partition coefficient (Wildman–Crippen LogP) is 9.28. The zero-order valence-corrected chi connectivity index (χ0v) is 45.6. The molecular weight excluding hydrogens is 931 g/mol. The molecule has 2 heterocycles. The highest BCUT2D eigenvalue weighted by atomic mass is 16.7. The van der Waals surface area contributed by atoms with Crippen molar-refractivity contribution in [2.45, 2.75) is 258 Å². The Bertz CT molecular complexity index is 1650. The fraction of sp³-hybridized carbons (Fsp3) is 0.818. The van der Waals surface area contributed by atoms with E-state index in [0.29, 0.717) is 12.8 Å². The summed E-state index contributed by atoms with van der Waals surface area (Å²) in [6, 6.07) is 0. The van der Waals surface area contributed by atoms with Crippen LogP contribution in [-0.2, 0) is 76.1 Å². The maximum Gasteiger partial charge on any atom is 0.303 e. The molecule has 0 radical (unpaired) electrons. The number of esters is 5. The van der Waals surface area contributed by atoms with Gasteiger partial charge in [0.1, 0.15) is 50.0 Å². The highest BCUT2D eigenvalue weighted by molar-refractivity contribution is 5.86. The number of carbonyl (C=O) groups excluding carboxylic acids is 6. The molecule has 2 rings (SSSR count). The van der Waals surface area contributed by atoms with Gasteiger partial charge in [-0.05, 0) is 50.5 Å². The first kappa shape index (κ1) is 64.2. The van der Waals surface area contributed by atoms with Gasteiger partial charge in [-0.25, -0.2) is 0 Å². The van der Waals surface area contributed by atoms with Gasteiger partial charge in [-0.15, -0.1) is 6.58 Å². The summed E-state index contributed by atoms with van der Waals surface area (Å²) in [4.78, 5) is 76.8. The second-order valence-corrected chi connectivity index (χ2v) is 20.3. The maximum atomic E-state index is 13.2. The van der Waals surface area contributed by atoms with E-state index >= 15 is 0 Å². The zero-order valence-electron chi connectivity index (χ0n) is 45.6. The van der Waals surface area contributed by atoms with Crippen molar-refractivity contribution >= 4 is 35.8 Å². The van der Waals surface area contributed by atoms with Gasteiger partial charge in [-0.3, -0.25) is 28.8 Å². The Morgan fingerprint density at radius 3 is 1.54 bits per heavy atom. The lowest BCUT2D eigenvalue weighted by molar-refractivity contribution is -0.326. The molecule has 0 aliphatic carbocycles. The van der Waals surface area contributed by atoms with E-state index in [1.54, 1.807) is 13.8 Å². The molecule has 2 aliphatic heterocycles. The minimum atomic E-state index is -1.54. The molecule has 1 N–H and O–H groups in total. The molecule has 2 fully saturated rings. The van der Waals surface area contributed by atoms with E-state index in [9.17, 15) is 28.8 Å². The number of carbonyl (C=O) groups is 6. The minimum absolute atomic E-state index is 0.139. The van der Waals surface area contributed by atoms with Crippen LogP contribution >= 0.6 is 0 Å². The standard InChI is InChI=1S/C55H93NO16/c1-13-17-19-21-23-25-26-28-30-32-34-64-46-43(35-63-37-56-45(62)15-3)71-53(51(69-42(9)61)48(46)66-39(6)58)55(12,16-4)72-47-44(36-65-38(5)57)70-52(50(68-41(8)60)49(47)67-40(7)59)54(10,11)33-31-29-27-24-22-20-18-14-2/h14-15,43-44,46-53H,2-3,13,16-37H2,1,4-12H3,(H,56,62). The van der Waals surface area contributed by atoms with E-state index in [2.05, 4.69) is 25.4 Å². The molecule has 0 aromatic carbocycles. The molecule has 0 bridgehead atoms. The highest BCUT2D eigenvalue weighted by Gasteiger charge is 2.61. The van der Waals surface area contributed by atoms with E-state index in [1.165, 1.54) is 73.1 Å². The van der Waals surface area contributed by atoms with Crippen molar-refractivity contribution in [3.8, 4) is 0 Å². The SMILES string of the molecule is C=CCCCCCCCCC(C)(C)C1OC(COC(C)=O)C(OC(C)(CC)C2OC(COCNC(=O)C=C)C(OCCCCCCCCCCCC)C(OC(C)=O)C2OC(C)=O)C(OC(C)=O)C1OC(C)=O. The number of hydrogen-bond acceptors (Lipinski definition) is 16. The summed E-state index contributed by atoms with van der Waals surface area (Å²) in [5, 5.41) is 2.58. The van der Waals surface area contributed by atoms with Gasteiger partial charge in [-0.2, -0.15) is 0 Å². The van der Waals surface area contributed by atoms with Gasteiger partial charge in [0.15, 0.2) is 24.4 Å². The van der Waals surface area contributed by atoms with Crippen molar-refractivity contribution in [2.24, 2.45) is 5.41 Å². The largest absolute Gasteiger partial charge is 0.463 e. The molecule has 1 amide bonds. The van der Waals surface area contributed by atoms with Crippen LogP contribution in [0.2, 0.25) is 0 Å².